The Kier molecular flexibility index (Phi) is 4.37. The van der Waals surface area contributed by atoms with E-state index in [9.17, 15) is 4.79 Å². The van der Waals surface area contributed by atoms with Crippen LogP contribution in [0, 0.1) is 11.8 Å². The number of ether oxygens (including phenoxy) is 1. The third-order valence-corrected chi connectivity index (χ3v) is 3.75. The first-order chi connectivity index (χ1) is 8.70. The van der Waals surface area contributed by atoms with E-state index in [0.717, 1.165) is 25.3 Å². The molecule has 2 rings (SSSR count). The SMILES string of the molecule is COc1ccc(CCC(=O)C2CNCC2C)cc1. The molecule has 1 aromatic rings. The van der Waals surface area contributed by atoms with Crippen LogP contribution in [-0.2, 0) is 11.2 Å². The Bertz CT molecular complexity index is 399. The molecule has 0 aromatic heterocycles. The molecule has 0 amide bonds. The average Bonchev–Trinajstić information content (AvgIpc) is 2.83. The van der Waals surface area contributed by atoms with Gasteiger partial charge in [0.15, 0.2) is 0 Å². The molecule has 1 aliphatic heterocycles. The van der Waals surface area contributed by atoms with Gasteiger partial charge in [-0.15, -0.1) is 0 Å². The van der Waals surface area contributed by atoms with Crippen molar-refractivity contribution in [1.29, 1.82) is 0 Å². The van der Waals surface area contributed by atoms with Crippen molar-refractivity contribution >= 4 is 5.78 Å². The highest BCUT2D eigenvalue weighted by molar-refractivity contribution is 5.82. The summed E-state index contributed by atoms with van der Waals surface area (Å²) in [4.78, 5) is 12.1. The average molecular weight is 247 g/mol. The molecule has 3 heteroatoms. The number of Topliss-reactive ketones (excluding diaryl/α,β-unsaturated/α-hetero) is 1. The van der Waals surface area contributed by atoms with Gasteiger partial charge in [-0.2, -0.15) is 0 Å². The van der Waals surface area contributed by atoms with Gasteiger partial charge in [0.05, 0.1) is 7.11 Å². The zero-order chi connectivity index (χ0) is 13.0. The molecule has 1 heterocycles. The molecule has 3 nitrogen and oxygen atoms in total. The molecule has 0 aliphatic carbocycles. The van der Waals surface area contributed by atoms with E-state index in [1.807, 2.05) is 24.3 Å². The highest BCUT2D eigenvalue weighted by Crippen LogP contribution is 2.20. The molecule has 1 aliphatic rings. The summed E-state index contributed by atoms with van der Waals surface area (Å²) in [6.07, 6.45) is 1.47. The van der Waals surface area contributed by atoms with Crippen molar-refractivity contribution in [2.75, 3.05) is 20.2 Å². The Hall–Kier alpha value is -1.35. The smallest absolute Gasteiger partial charge is 0.137 e. The standard InChI is InChI=1S/C15H21NO2/c1-11-9-16-10-14(11)15(17)8-5-12-3-6-13(18-2)7-4-12/h3-4,6-7,11,14,16H,5,8-10H2,1-2H3. The summed E-state index contributed by atoms with van der Waals surface area (Å²) < 4.78 is 5.11. The molecule has 18 heavy (non-hydrogen) atoms. The first-order valence-corrected chi connectivity index (χ1v) is 6.57. The summed E-state index contributed by atoms with van der Waals surface area (Å²) in [5.41, 5.74) is 1.20. The minimum absolute atomic E-state index is 0.211. The number of ketones is 1. The van der Waals surface area contributed by atoms with E-state index in [1.54, 1.807) is 7.11 Å². The number of nitrogens with one attached hydrogen (secondary N) is 1. The van der Waals surface area contributed by atoms with E-state index in [0.29, 0.717) is 18.1 Å². The fraction of sp³-hybridized carbons (Fsp3) is 0.533. The van der Waals surface area contributed by atoms with Crippen LogP contribution in [0.1, 0.15) is 18.9 Å². The molecule has 1 saturated heterocycles. The molecular weight excluding hydrogens is 226 g/mol. The Morgan fingerprint density at radius 2 is 2.06 bits per heavy atom. The zero-order valence-electron chi connectivity index (χ0n) is 11.1. The molecule has 0 bridgehead atoms. The maximum absolute atomic E-state index is 12.1. The maximum atomic E-state index is 12.1. The monoisotopic (exact) mass is 247 g/mol. The molecule has 1 N–H and O–H groups in total. The summed E-state index contributed by atoms with van der Waals surface area (Å²) in [7, 11) is 1.66. The van der Waals surface area contributed by atoms with Crippen LogP contribution in [0.4, 0.5) is 0 Å². The van der Waals surface area contributed by atoms with Crippen LogP contribution >= 0.6 is 0 Å². The minimum atomic E-state index is 0.211. The molecule has 98 valence electrons. The number of hydrogen-bond donors (Lipinski definition) is 1. The second kappa shape index (κ2) is 6.01. The van der Waals surface area contributed by atoms with Crippen LogP contribution in [0.3, 0.4) is 0 Å². The van der Waals surface area contributed by atoms with Crippen LogP contribution < -0.4 is 10.1 Å². The highest BCUT2D eigenvalue weighted by Gasteiger charge is 2.28. The van der Waals surface area contributed by atoms with Gasteiger partial charge in [0.1, 0.15) is 11.5 Å². The largest absolute Gasteiger partial charge is 0.497 e. The van der Waals surface area contributed by atoms with Gasteiger partial charge in [-0.25, -0.2) is 0 Å². The summed E-state index contributed by atoms with van der Waals surface area (Å²) in [5.74, 6) is 1.94. The van der Waals surface area contributed by atoms with E-state index in [1.165, 1.54) is 5.56 Å². The second-order valence-electron chi connectivity index (χ2n) is 5.06. The second-order valence-corrected chi connectivity index (χ2v) is 5.06. The summed E-state index contributed by atoms with van der Waals surface area (Å²) in [6.45, 7) is 3.97. The molecule has 2 atom stereocenters. The zero-order valence-corrected chi connectivity index (χ0v) is 11.1. The molecule has 0 spiro atoms. The van der Waals surface area contributed by atoms with Gasteiger partial charge in [-0.1, -0.05) is 19.1 Å². The quantitative estimate of drug-likeness (QED) is 0.865. The van der Waals surface area contributed by atoms with Crippen LogP contribution in [-0.4, -0.2) is 26.0 Å². The number of carbonyl (C=O) groups excluding carboxylic acids is 1. The van der Waals surface area contributed by atoms with Gasteiger partial charge in [-0.05, 0) is 36.6 Å². The molecule has 1 aromatic carbocycles. The van der Waals surface area contributed by atoms with E-state index in [2.05, 4.69) is 12.2 Å². The first-order valence-electron chi connectivity index (χ1n) is 6.57. The van der Waals surface area contributed by atoms with Gasteiger partial charge >= 0.3 is 0 Å². The molecule has 0 saturated carbocycles. The van der Waals surface area contributed by atoms with Crippen molar-refractivity contribution in [3.8, 4) is 5.75 Å². The Morgan fingerprint density at radius 3 is 2.61 bits per heavy atom. The lowest BCUT2D eigenvalue weighted by atomic mass is 9.90. The van der Waals surface area contributed by atoms with Gasteiger partial charge in [0, 0.05) is 18.9 Å². The Morgan fingerprint density at radius 1 is 1.33 bits per heavy atom. The van der Waals surface area contributed by atoms with Crippen LogP contribution in [0.5, 0.6) is 5.75 Å². The normalized spacial score (nSPS) is 23.0. The van der Waals surface area contributed by atoms with Crippen molar-refractivity contribution in [3.05, 3.63) is 29.8 Å². The Labute approximate surface area is 109 Å². The number of benzene rings is 1. The van der Waals surface area contributed by atoms with E-state index in [-0.39, 0.29) is 5.92 Å². The van der Waals surface area contributed by atoms with Crippen molar-refractivity contribution in [2.24, 2.45) is 11.8 Å². The van der Waals surface area contributed by atoms with Crippen LogP contribution in [0.15, 0.2) is 24.3 Å². The van der Waals surface area contributed by atoms with Crippen molar-refractivity contribution in [3.63, 3.8) is 0 Å². The fourth-order valence-electron chi connectivity index (χ4n) is 2.49. The molecular formula is C15H21NO2. The minimum Gasteiger partial charge on any atom is -0.497 e. The number of carbonyl (C=O) groups is 1. The predicted octanol–water partition coefficient (Wildman–Crippen LogP) is 2.05. The third kappa shape index (κ3) is 3.10. The maximum Gasteiger partial charge on any atom is 0.137 e. The van der Waals surface area contributed by atoms with Crippen molar-refractivity contribution in [1.82, 2.24) is 5.32 Å². The van der Waals surface area contributed by atoms with Gasteiger partial charge in [-0.3, -0.25) is 4.79 Å². The predicted molar refractivity (Wildman–Crippen MR) is 71.8 cm³/mol. The van der Waals surface area contributed by atoms with E-state index < -0.39 is 0 Å². The lowest BCUT2D eigenvalue weighted by Crippen LogP contribution is -2.21. The van der Waals surface area contributed by atoms with Crippen LogP contribution in [0.25, 0.3) is 0 Å². The van der Waals surface area contributed by atoms with Crippen molar-refractivity contribution in [2.45, 2.75) is 19.8 Å². The third-order valence-electron chi connectivity index (χ3n) is 3.75. The summed E-state index contributed by atoms with van der Waals surface area (Å²) >= 11 is 0. The number of hydrogen-bond acceptors (Lipinski definition) is 3. The van der Waals surface area contributed by atoms with E-state index in [4.69, 9.17) is 4.74 Å². The van der Waals surface area contributed by atoms with Gasteiger partial charge in [0.2, 0.25) is 0 Å². The Balaban J connectivity index is 1.85. The number of aryl methyl sites for hydroxylation is 1. The van der Waals surface area contributed by atoms with Gasteiger partial charge < -0.3 is 10.1 Å². The number of methoxy groups -OCH3 is 1. The highest BCUT2D eigenvalue weighted by atomic mass is 16.5. The topological polar surface area (TPSA) is 38.3 Å². The molecule has 1 fully saturated rings. The fourth-order valence-corrected chi connectivity index (χ4v) is 2.49. The van der Waals surface area contributed by atoms with E-state index >= 15 is 0 Å². The lowest BCUT2D eigenvalue weighted by molar-refractivity contribution is -0.123. The molecule has 0 radical (unpaired) electrons. The van der Waals surface area contributed by atoms with Crippen LogP contribution in [0.2, 0.25) is 0 Å². The van der Waals surface area contributed by atoms with Gasteiger partial charge in [0.25, 0.3) is 0 Å². The van der Waals surface area contributed by atoms with Crippen molar-refractivity contribution < 1.29 is 9.53 Å². The number of rotatable bonds is 5. The lowest BCUT2D eigenvalue weighted by Gasteiger charge is -2.12. The first kappa shape index (κ1) is 13.1. The summed E-state index contributed by atoms with van der Waals surface area (Å²) in [6, 6.07) is 7.95. The summed E-state index contributed by atoms with van der Waals surface area (Å²) in [5, 5.41) is 3.28. The molecule has 2 unspecified atom stereocenters.